The lowest BCUT2D eigenvalue weighted by Crippen LogP contribution is -2.43. The molecule has 0 bridgehead atoms. The Morgan fingerprint density at radius 2 is 1.97 bits per heavy atom. The van der Waals surface area contributed by atoms with Crippen molar-refractivity contribution in [3.05, 3.63) is 12.2 Å². The van der Waals surface area contributed by atoms with Gasteiger partial charge in [-0.3, -0.25) is 4.79 Å². The van der Waals surface area contributed by atoms with Crippen molar-refractivity contribution in [1.29, 1.82) is 0 Å². The highest BCUT2D eigenvalue weighted by Crippen LogP contribution is 2.39. The number of ether oxygens (including phenoxy) is 1. The lowest BCUT2D eigenvalue weighted by atomic mass is 9.76. The van der Waals surface area contributed by atoms with Crippen LogP contribution in [0.3, 0.4) is 0 Å². The van der Waals surface area contributed by atoms with Gasteiger partial charge in [-0.25, -0.2) is 0 Å². The van der Waals surface area contributed by atoms with Crippen molar-refractivity contribution in [2.45, 2.75) is 122 Å². The number of esters is 1. The van der Waals surface area contributed by atoms with E-state index in [4.69, 9.17) is 9.16 Å². The average Bonchev–Trinajstić information content (AvgIpc) is 2.58. The van der Waals surface area contributed by atoms with Gasteiger partial charge in [0.1, 0.15) is 0 Å². The summed E-state index contributed by atoms with van der Waals surface area (Å²) < 4.78 is 11.8. The largest absolute Gasteiger partial charge is 0.466 e. The summed E-state index contributed by atoms with van der Waals surface area (Å²) in [4.78, 5) is 11.9. The minimum absolute atomic E-state index is 0.103. The molecule has 1 N–H and O–H groups in total. The van der Waals surface area contributed by atoms with Crippen molar-refractivity contribution in [2.75, 3.05) is 6.61 Å². The second-order valence-electron chi connectivity index (χ2n) is 10.4. The number of allylic oxidation sites excluding steroid dienone is 1. The molecular formula is C24H46O4Si. The van der Waals surface area contributed by atoms with Crippen LogP contribution >= 0.6 is 0 Å². The van der Waals surface area contributed by atoms with Crippen LogP contribution in [0.4, 0.5) is 0 Å². The van der Waals surface area contributed by atoms with E-state index in [0.717, 1.165) is 19.3 Å². The van der Waals surface area contributed by atoms with E-state index in [-0.39, 0.29) is 23.5 Å². The maximum atomic E-state index is 11.9. The number of hydrogen-bond donors (Lipinski definition) is 1. The normalized spacial score (nSPS) is 24.6. The van der Waals surface area contributed by atoms with Gasteiger partial charge in [-0.2, -0.15) is 0 Å². The summed E-state index contributed by atoms with van der Waals surface area (Å²) in [5.74, 6) is -0.00167. The summed E-state index contributed by atoms with van der Waals surface area (Å²) in [7, 11) is -1.84. The summed E-state index contributed by atoms with van der Waals surface area (Å²) in [6, 6.07) is 0. The first-order valence-corrected chi connectivity index (χ1v) is 14.6. The number of hydrogen-bond acceptors (Lipinski definition) is 4. The zero-order valence-electron chi connectivity index (χ0n) is 20.1. The molecular weight excluding hydrogens is 380 g/mol. The van der Waals surface area contributed by atoms with E-state index >= 15 is 0 Å². The van der Waals surface area contributed by atoms with E-state index in [0.29, 0.717) is 25.4 Å². The molecule has 0 spiro atoms. The van der Waals surface area contributed by atoms with E-state index in [2.05, 4.69) is 52.9 Å². The Morgan fingerprint density at radius 1 is 1.28 bits per heavy atom. The molecule has 3 atom stereocenters. The summed E-state index contributed by atoms with van der Waals surface area (Å²) in [5, 5.41) is 11.1. The fraction of sp³-hybridized carbons (Fsp3) is 0.875. The molecule has 1 fully saturated rings. The Morgan fingerprint density at radius 3 is 2.55 bits per heavy atom. The minimum atomic E-state index is -1.84. The molecule has 0 saturated heterocycles. The maximum Gasteiger partial charge on any atom is 0.308 e. The van der Waals surface area contributed by atoms with Crippen LogP contribution in [0.1, 0.15) is 92.4 Å². The lowest BCUT2D eigenvalue weighted by molar-refractivity contribution is -0.150. The smallest absolute Gasteiger partial charge is 0.308 e. The van der Waals surface area contributed by atoms with E-state index in [9.17, 15) is 9.90 Å². The van der Waals surface area contributed by atoms with Crippen molar-refractivity contribution in [2.24, 2.45) is 5.92 Å². The van der Waals surface area contributed by atoms with Gasteiger partial charge in [0.15, 0.2) is 8.32 Å². The van der Waals surface area contributed by atoms with Gasteiger partial charge in [-0.1, -0.05) is 59.1 Å². The number of carbonyl (C=O) groups excluding carboxylic acids is 1. The first kappa shape index (κ1) is 26.4. The Hall–Kier alpha value is -0.653. The molecule has 1 saturated carbocycles. The molecule has 1 aliphatic carbocycles. The van der Waals surface area contributed by atoms with Crippen LogP contribution in [0.25, 0.3) is 0 Å². The fourth-order valence-corrected chi connectivity index (χ4v) is 5.12. The van der Waals surface area contributed by atoms with Crippen molar-refractivity contribution in [3.63, 3.8) is 0 Å². The van der Waals surface area contributed by atoms with Crippen LogP contribution in [0, 0.1) is 5.92 Å². The second-order valence-corrected chi connectivity index (χ2v) is 15.1. The average molecular weight is 427 g/mol. The Kier molecular flexibility index (Phi) is 10.6. The monoisotopic (exact) mass is 426 g/mol. The third kappa shape index (κ3) is 9.35. The first-order chi connectivity index (χ1) is 13.4. The number of aliphatic hydroxyl groups is 1. The van der Waals surface area contributed by atoms with Crippen LogP contribution in [-0.2, 0) is 14.0 Å². The van der Waals surface area contributed by atoms with Gasteiger partial charge in [0.05, 0.1) is 24.7 Å². The van der Waals surface area contributed by atoms with Crippen LogP contribution < -0.4 is 0 Å². The summed E-state index contributed by atoms with van der Waals surface area (Å²) >= 11 is 0. The SMILES string of the molecule is CCCCCC(/C=C/[C@H]1CCC[C@](O)(CC(=O)OCC)C1)O[Si](C)(C)C(C)(C)C. The quantitative estimate of drug-likeness (QED) is 0.180. The van der Waals surface area contributed by atoms with E-state index in [1.54, 1.807) is 6.92 Å². The molecule has 1 unspecified atom stereocenters. The highest BCUT2D eigenvalue weighted by Gasteiger charge is 2.39. The van der Waals surface area contributed by atoms with Gasteiger partial charge in [0, 0.05) is 0 Å². The molecule has 0 aromatic heterocycles. The third-order valence-corrected chi connectivity index (χ3v) is 11.1. The minimum Gasteiger partial charge on any atom is -0.466 e. The topological polar surface area (TPSA) is 55.8 Å². The lowest BCUT2D eigenvalue weighted by Gasteiger charge is -2.39. The number of rotatable bonds is 11. The van der Waals surface area contributed by atoms with Crippen molar-refractivity contribution in [3.8, 4) is 0 Å². The summed E-state index contributed by atoms with van der Waals surface area (Å²) in [6.45, 7) is 15.9. The van der Waals surface area contributed by atoms with E-state index < -0.39 is 13.9 Å². The molecule has 0 aromatic rings. The molecule has 5 heteroatoms. The standard InChI is InChI=1S/C24H46O4Si/c1-8-10-11-14-21(28-29(6,7)23(3,4)5)16-15-20-13-12-17-24(26,18-20)19-22(25)27-9-2/h15-16,20-21,26H,8-14,17-19H2,1-7H3/b16-15+/t20-,21?,24-/m1/s1. The van der Waals surface area contributed by atoms with Gasteiger partial charge in [0.2, 0.25) is 0 Å². The number of unbranched alkanes of at least 4 members (excludes halogenated alkanes) is 2. The van der Waals surface area contributed by atoms with Gasteiger partial charge in [-0.05, 0) is 63.1 Å². The predicted molar refractivity (Wildman–Crippen MR) is 124 cm³/mol. The fourth-order valence-electron chi connectivity index (χ4n) is 3.82. The molecule has 0 heterocycles. The van der Waals surface area contributed by atoms with Gasteiger partial charge in [-0.15, -0.1) is 0 Å². The van der Waals surface area contributed by atoms with E-state index in [1.165, 1.54) is 19.3 Å². The van der Waals surface area contributed by atoms with Gasteiger partial charge in [0.25, 0.3) is 0 Å². The second kappa shape index (κ2) is 11.7. The van der Waals surface area contributed by atoms with Crippen LogP contribution in [0.15, 0.2) is 12.2 Å². The van der Waals surface area contributed by atoms with Crippen LogP contribution in [0.5, 0.6) is 0 Å². The molecule has 170 valence electrons. The Labute approximate surface area is 180 Å². The molecule has 4 nitrogen and oxygen atoms in total. The van der Waals surface area contributed by atoms with Crippen LogP contribution in [-0.4, -0.2) is 37.7 Å². The molecule has 0 aliphatic heterocycles. The first-order valence-electron chi connectivity index (χ1n) is 11.7. The molecule has 29 heavy (non-hydrogen) atoms. The van der Waals surface area contributed by atoms with Crippen LogP contribution in [0.2, 0.25) is 18.1 Å². The van der Waals surface area contributed by atoms with Crippen molar-refractivity contribution < 1.29 is 19.1 Å². The number of carbonyl (C=O) groups is 1. The highest BCUT2D eigenvalue weighted by atomic mass is 28.4. The maximum absolute atomic E-state index is 11.9. The summed E-state index contributed by atoms with van der Waals surface area (Å²) in [6.07, 6.45) is 12.7. The third-order valence-electron chi connectivity index (χ3n) is 6.58. The molecule has 0 aromatic carbocycles. The van der Waals surface area contributed by atoms with Gasteiger partial charge >= 0.3 is 5.97 Å². The molecule has 1 rings (SSSR count). The predicted octanol–water partition coefficient (Wildman–Crippen LogP) is 6.39. The molecule has 0 radical (unpaired) electrons. The molecule has 0 amide bonds. The van der Waals surface area contributed by atoms with Crippen molar-refractivity contribution >= 4 is 14.3 Å². The van der Waals surface area contributed by atoms with E-state index in [1.807, 2.05) is 0 Å². The molecule has 1 aliphatic rings. The highest BCUT2D eigenvalue weighted by molar-refractivity contribution is 6.74. The van der Waals surface area contributed by atoms with Gasteiger partial charge < -0.3 is 14.3 Å². The zero-order chi connectivity index (χ0) is 22.1. The Bertz CT molecular complexity index is 523. The Balaban J connectivity index is 2.79. The van der Waals surface area contributed by atoms with Crippen molar-refractivity contribution in [1.82, 2.24) is 0 Å². The zero-order valence-corrected chi connectivity index (χ0v) is 21.1. The summed E-state index contributed by atoms with van der Waals surface area (Å²) in [5.41, 5.74) is -0.933.